The Kier molecular flexibility index (Phi) is 4.96. The third kappa shape index (κ3) is 3.49. The van der Waals surface area contributed by atoms with Gasteiger partial charge in [-0.3, -0.25) is 4.79 Å². The highest BCUT2D eigenvalue weighted by molar-refractivity contribution is 8.00. The van der Waals surface area contributed by atoms with E-state index < -0.39 is 10.0 Å². The van der Waals surface area contributed by atoms with Gasteiger partial charge in [0.05, 0.1) is 10.1 Å². The van der Waals surface area contributed by atoms with E-state index in [0.717, 1.165) is 14.8 Å². The minimum absolute atomic E-state index is 0.173. The van der Waals surface area contributed by atoms with E-state index in [1.165, 1.54) is 11.8 Å². The van der Waals surface area contributed by atoms with E-state index in [1.54, 1.807) is 24.3 Å². The summed E-state index contributed by atoms with van der Waals surface area (Å²) >= 11 is 1.43. The third-order valence-electron chi connectivity index (χ3n) is 3.98. The molecule has 0 radical (unpaired) electrons. The zero-order valence-electron chi connectivity index (χ0n) is 13.4. The number of aryl methyl sites for hydroxylation is 1. The molecular formula is C18H19NO3S2. The molecule has 1 heterocycles. The second-order valence-electron chi connectivity index (χ2n) is 5.79. The molecule has 1 amide bonds. The summed E-state index contributed by atoms with van der Waals surface area (Å²) in [6.45, 7) is 2.15. The first-order valence-corrected chi connectivity index (χ1v) is 10.2. The minimum Gasteiger partial charge on any atom is -0.272 e. The second-order valence-corrected chi connectivity index (χ2v) is 8.93. The van der Waals surface area contributed by atoms with Crippen molar-refractivity contribution >= 4 is 27.7 Å². The SMILES string of the molecule is Cc1ccc(S(=O)(=O)N2CCCC(Sc3ccccc3)C2=O)cc1. The molecule has 2 aromatic carbocycles. The molecule has 0 bridgehead atoms. The largest absolute Gasteiger partial charge is 0.272 e. The van der Waals surface area contributed by atoms with Gasteiger partial charge in [-0.05, 0) is 44.0 Å². The fourth-order valence-electron chi connectivity index (χ4n) is 2.66. The van der Waals surface area contributed by atoms with Gasteiger partial charge in [0, 0.05) is 11.4 Å². The molecule has 0 aromatic heterocycles. The van der Waals surface area contributed by atoms with Crippen molar-refractivity contribution in [2.45, 2.75) is 34.8 Å². The van der Waals surface area contributed by atoms with Crippen molar-refractivity contribution in [1.82, 2.24) is 4.31 Å². The highest BCUT2D eigenvalue weighted by Crippen LogP contribution is 2.32. The highest BCUT2D eigenvalue weighted by Gasteiger charge is 2.37. The Bertz CT molecular complexity index is 817. The Balaban J connectivity index is 1.83. The monoisotopic (exact) mass is 361 g/mol. The number of sulfonamides is 1. The van der Waals surface area contributed by atoms with E-state index in [9.17, 15) is 13.2 Å². The normalized spacial score (nSPS) is 18.6. The summed E-state index contributed by atoms with van der Waals surface area (Å²) in [6.07, 6.45) is 1.37. The maximum atomic E-state index is 12.8. The van der Waals surface area contributed by atoms with Gasteiger partial charge in [-0.15, -0.1) is 11.8 Å². The molecule has 1 aliphatic rings. The predicted octanol–water partition coefficient (Wildman–Crippen LogP) is 3.47. The number of carbonyl (C=O) groups is 1. The van der Waals surface area contributed by atoms with Gasteiger partial charge in [0.2, 0.25) is 5.91 Å². The van der Waals surface area contributed by atoms with Gasteiger partial charge in [-0.1, -0.05) is 35.9 Å². The molecule has 0 aliphatic carbocycles. The van der Waals surface area contributed by atoms with Crippen LogP contribution in [-0.4, -0.2) is 30.4 Å². The molecule has 1 fully saturated rings. The van der Waals surface area contributed by atoms with Gasteiger partial charge in [-0.25, -0.2) is 12.7 Å². The molecule has 1 aliphatic heterocycles. The molecule has 0 N–H and O–H groups in total. The van der Waals surface area contributed by atoms with Crippen molar-refractivity contribution in [3.8, 4) is 0 Å². The Morgan fingerprint density at radius 3 is 2.38 bits per heavy atom. The van der Waals surface area contributed by atoms with Gasteiger partial charge in [0.1, 0.15) is 0 Å². The van der Waals surface area contributed by atoms with Crippen molar-refractivity contribution in [3.63, 3.8) is 0 Å². The van der Waals surface area contributed by atoms with Crippen LogP contribution in [0, 0.1) is 6.92 Å². The molecule has 4 nitrogen and oxygen atoms in total. The zero-order valence-corrected chi connectivity index (χ0v) is 15.0. The smallest absolute Gasteiger partial charge is 0.266 e. The van der Waals surface area contributed by atoms with Crippen LogP contribution in [-0.2, 0) is 14.8 Å². The third-order valence-corrected chi connectivity index (χ3v) is 7.06. The van der Waals surface area contributed by atoms with Gasteiger partial charge in [0.25, 0.3) is 10.0 Å². The molecular weight excluding hydrogens is 342 g/mol. The van der Waals surface area contributed by atoms with Crippen molar-refractivity contribution in [2.24, 2.45) is 0 Å². The van der Waals surface area contributed by atoms with Crippen LogP contribution >= 0.6 is 11.8 Å². The Morgan fingerprint density at radius 2 is 1.71 bits per heavy atom. The number of hydrogen-bond acceptors (Lipinski definition) is 4. The highest BCUT2D eigenvalue weighted by atomic mass is 32.2. The van der Waals surface area contributed by atoms with Crippen LogP contribution in [0.3, 0.4) is 0 Å². The lowest BCUT2D eigenvalue weighted by atomic mass is 10.1. The van der Waals surface area contributed by atoms with Crippen LogP contribution in [0.4, 0.5) is 0 Å². The van der Waals surface area contributed by atoms with Crippen LogP contribution in [0.15, 0.2) is 64.4 Å². The molecule has 24 heavy (non-hydrogen) atoms. The van der Waals surface area contributed by atoms with Crippen molar-refractivity contribution < 1.29 is 13.2 Å². The fourth-order valence-corrected chi connectivity index (χ4v) is 5.35. The second kappa shape index (κ2) is 6.99. The summed E-state index contributed by atoms with van der Waals surface area (Å²) in [4.78, 5) is 13.9. The molecule has 1 saturated heterocycles. The molecule has 6 heteroatoms. The number of hydrogen-bond donors (Lipinski definition) is 0. The van der Waals surface area contributed by atoms with E-state index in [1.807, 2.05) is 37.3 Å². The molecule has 1 unspecified atom stereocenters. The first-order valence-electron chi connectivity index (χ1n) is 7.83. The minimum atomic E-state index is -3.78. The quantitative estimate of drug-likeness (QED) is 0.837. The Labute approximate surface area is 146 Å². The van der Waals surface area contributed by atoms with E-state index in [-0.39, 0.29) is 22.6 Å². The molecule has 2 aromatic rings. The average molecular weight is 361 g/mol. The zero-order chi connectivity index (χ0) is 17.2. The Hall–Kier alpha value is -1.79. The summed E-state index contributed by atoms with van der Waals surface area (Å²) in [6, 6.07) is 16.2. The van der Waals surface area contributed by atoms with E-state index in [4.69, 9.17) is 0 Å². The van der Waals surface area contributed by atoms with Gasteiger partial charge in [0.15, 0.2) is 0 Å². The lowest BCUT2D eigenvalue weighted by molar-refractivity contribution is -0.127. The molecule has 3 rings (SSSR count). The number of piperidine rings is 1. The number of amides is 1. The van der Waals surface area contributed by atoms with Gasteiger partial charge >= 0.3 is 0 Å². The number of nitrogens with zero attached hydrogens (tertiary/aromatic N) is 1. The van der Waals surface area contributed by atoms with Crippen molar-refractivity contribution in [2.75, 3.05) is 6.54 Å². The van der Waals surface area contributed by atoms with Crippen LogP contribution in [0.5, 0.6) is 0 Å². The molecule has 0 saturated carbocycles. The van der Waals surface area contributed by atoms with Crippen LogP contribution < -0.4 is 0 Å². The topological polar surface area (TPSA) is 54.5 Å². The molecule has 126 valence electrons. The van der Waals surface area contributed by atoms with Gasteiger partial charge in [-0.2, -0.15) is 0 Å². The summed E-state index contributed by atoms with van der Waals surface area (Å²) in [5.74, 6) is -0.323. The predicted molar refractivity (Wildman–Crippen MR) is 95.4 cm³/mol. The summed E-state index contributed by atoms with van der Waals surface area (Å²) in [7, 11) is -3.78. The maximum absolute atomic E-state index is 12.8. The van der Waals surface area contributed by atoms with Gasteiger partial charge < -0.3 is 0 Å². The van der Waals surface area contributed by atoms with Crippen molar-refractivity contribution in [1.29, 1.82) is 0 Å². The summed E-state index contributed by atoms with van der Waals surface area (Å²) < 4.78 is 26.6. The first-order chi connectivity index (χ1) is 11.5. The van der Waals surface area contributed by atoms with E-state index in [2.05, 4.69) is 0 Å². The standard InChI is InChI=1S/C18H19NO3S2/c1-14-9-11-16(12-10-14)24(21,22)19-13-5-8-17(18(19)20)23-15-6-3-2-4-7-15/h2-4,6-7,9-12,17H,5,8,13H2,1H3. The number of carbonyl (C=O) groups excluding carboxylic acids is 1. The molecule has 1 atom stereocenters. The maximum Gasteiger partial charge on any atom is 0.266 e. The lowest BCUT2D eigenvalue weighted by Crippen LogP contribution is -2.46. The molecule has 0 spiro atoms. The van der Waals surface area contributed by atoms with Crippen LogP contribution in [0.2, 0.25) is 0 Å². The summed E-state index contributed by atoms with van der Waals surface area (Å²) in [5.41, 5.74) is 0.983. The fraction of sp³-hybridized carbons (Fsp3) is 0.278. The number of benzene rings is 2. The summed E-state index contributed by atoms with van der Waals surface area (Å²) in [5, 5.41) is -0.360. The Morgan fingerprint density at radius 1 is 1.04 bits per heavy atom. The lowest BCUT2D eigenvalue weighted by Gasteiger charge is -2.31. The van der Waals surface area contributed by atoms with Crippen molar-refractivity contribution in [3.05, 3.63) is 60.2 Å². The van der Waals surface area contributed by atoms with Crippen LogP contribution in [0.1, 0.15) is 18.4 Å². The average Bonchev–Trinajstić information content (AvgIpc) is 2.58. The van der Waals surface area contributed by atoms with Crippen LogP contribution in [0.25, 0.3) is 0 Å². The van der Waals surface area contributed by atoms with E-state index in [0.29, 0.717) is 12.8 Å². The number of thioether (sulfide) groups is 1. The first kappa shape index (κ1) is 17.0. The van der Waals surface area contributed by atoms with E-state index >= 15 is 0 Å². The number of rotatable bonds is 4.